The maximum atomic E-state index is 12.1. The number of hydrogen-bond acceptors (Lipinski definition) is 2. The Hall–Kier alpha value is -0.153. The first kappa shape index (κ1) is 14.9. The van der Waals surface area contributed by atoms with Gasteiger partial charge >= 0.3 is 0 Å². The Morgan fingerprint density at radius 2 is 1.71 bits per heavy atom. The Balaban J connectivity index is 2.67. The number of carbonyl (C=O) groups is 1. The standard InChI is InChI=1S/C14H28O2Si/c1-14(2,3)17(4,5)16-13-11-9-7-6-8-10-12(13)15/h13H,6-11H2,1-5H3. The van der Waals surface area contributed by atoms with Crippen LogP contribution in [0.25, 0.3) is 0 Å². The van der Waals surface area contributed by atoms with Gasteiger partial charge in [-0.1, -0.05) is 40.0 Å². The molecule has 0 saturated heterocycles. The second-order valence-electron chi connectivity index (χ2n) is 6.79. The predicted molar refractivity (Wildman–Crippen MR) is 74.8 cm³/mol. The van der Waals surface area contributed by atoms with Gasteiger partial charge in [-0.05, 0) is 31.0 Å². The Labute approximate surface area is 107 Å². The van der Waals surface area contributed by atoms with Gasteiger partial charge in [0, 0.05) is 6.42 Å². The zero-order valence-corrected chi connectivity index (χ0v) is 13.1. The normalized spacial score (nSPS) is 24.3. The van der Waals surface area contributed by atoms with Crippen LogP contribution in [0.1, 0.15) is 59.3 Å². The highest BCUT2D eigenvalue weighted by Crippen LogP contribution is 2.38. The lowest BCUT2D eigenvalue weighted by molar-refractivity contribution is -0.127. The molecule has 1 fully saturated rings. The van der Waals surface area contributed by atoms with Crippen LogP contribution >= 0.6 is 0 Å². The van der Waals surface area contributed by atoms with Gasteiger partial charge in [-0.25, -0.2) is 0 Å². The second kappa shape index (κ2) is 5.66. The van der Waals surface area contributed by atoms with Crippen molar-refractivity contribution in [3.8, 4) is 0 Å². The van der Waals surface area contributed by atoms with Gasteiger partial charge in [0.2, 0.25) is 0 Å². The van der Waals surface area contributed by atoms with Crippen molar-refractivity contribution in [3.63, 3.8) is 0 Å². The highest BCUT2D eigenvalue weighted by Gasteiger charge is 2.40. The maximum Gasteiger partial charge on any atom is 0.193 e. The van der Waals surface area contributed by atoms with Crippen LogP contribution in [-0.2, 0) is 9.22 Å². The lowest BCUT2D eigenvalue weighted by atomic mass is 9.98. The lowest BCUT2D eigenvalue weighted by Crippen LogP contribution is -2.46. The average molecular weight is 256 g/mol. The molecule has 0 amide bonds. The molecule has 0 aliphatic heterocycles. The van der Waals surface area contributed by atoms with E-state index in [1.165, 1.54) is 12.8 Å². The summed E-state index contributed by atoms with van der Waals surface area (Å²) in [4.78, 5) is 12.1. The number of Topliss-reactive ketones (excluding diaryl/α,β-unsaturated/α-hetero) is 1. The third-order valence-corrected chi connectivity index (χ3v) is 8.73. The van der Waals surface area contributed by atoms with Gasteiger partial charge in [0.25, 0.3) is 0 Å². The number of rotatable bonds is 2. The van der Waals surface area contributed by atoms with Crippen molar-refractivity contribution in [1.82, 2.24) is 0 Å². The van der Waals surface area contributed by atoms with Crippen molar-refractivity contribution in [2.75, 3.05) is 0 Å². The lowest BCUT2D eigenvalue weighted by Gasteiger charge is -2.39. The topological polar surface area (TPSA) is 26.3 Å². The third-order valence-electron chi connectivity index (χ3n) is 4.24. The summed E-state index contributed by atoms with van der Waals surface area (Å²) >= 11 is 0. The smallest absolute Gasteiger partial charge is 0.193 e. The second-order valence-corrected chi connectivity index (χ2v) is 11.5. The van der Waals surface area contributed by atoms with E-state index >= 15 is 0 Å². The molecule has 0 aromatic rings. The number of hydrogen-bond donors (Lipinski definition) is 0. The molecule has 1 atom stereocenters. The van der Waals surface area contributed by atoms with E-state index in [0.29, 0.717) is 5.78 Å². The first-order valence-electron chi connectivity index (χ1n) is 6.94. The fourth-order valence-electron chi connectivity index (χ4n) is 1.96. The Kier molecular flexibility index (Phi) is 4.96. The molecule has 1 aliphatic rings. The Morgan fingerprint density at radius 1 is 1.12 bits per heavy atom. The van der Waals surface area contributed by atoms with Crippen LogP contribution < -0.4 is 0 Å². The van der Waals surface area contributed by atoms with Crippen LogP contribution in [0.15, 0.2) is 0 Å². The summed E-state index contributed by atoms with van der Waals surface area (Å²) in [5, 5.41) is 0.190. The minimum absolute atomic E-state index is 0.115. The number of carbonyl (C=O) groups excluding carboxylic acids is 1. The van der Waals surface area contributed by atoms with E-state index in [4.69, 9.17) is 4.43 Å². The van der Waals surface area contributed by atoms with Crippen molar-refractivity contribution in [1.29, 1.82) is 0 Å². The zero-order valence-electron chi connectivity index (χ0n) is 12.1. The van der Waals surface area contributed by atoms with Crippen molar-refractivity contribution in [2.45, 2.75) is 83.5 Å². The van der Waals surface area contributed by atoms with Crippen molar-refractivity contribution >= 4 is 14.1 Å². The van der Waals surface area contributed by atoms with Gasteiger partial charge in [0.1, 0.15) is 6.10 Å². The minimum atomic E-state index is -1.79. The van der Waals surface area contributed by atoms with Gasteiger partial charge in [-0.15, -0.1) is 0 Å². The highest BCUT2D eigenvalue weighted by molar-refractivity contribution is 6.74. The van der Waals surface area contributed by atoms with Crippen LogP contribution in [-0.4, -0.2) is 20.2 Å². The molecule has 0 aromatic heterocycles. The van der Waals surface area contributed by atoms with Gasteiger partial charge in [0.15, 0.2) is 14.1 Å². The molecule has 1 aliphatic carbocycles. The summed E-state index contributed by atoms with van der Waals surface area (Å²) < 4.78 is 6.28. The largest absolute Gasteiger partial charge is 0.407 e. The summed E-state index contributed by atoms with van der Waals surface area (Å²) in [5.74, 6) is 0.342. The van der Waals surface area contributed by atoms with Crippen molar-refractivity contribution < 1.29 is 9.22 Å². The summed E-state index contributed by atoms with van der Waals surface area (Å²) in [7, 11) is -1.79. The molecule has 0 spiro atoms. The average Bonchev–Trinajstić information content (AvgIpc) is 2.16. The molecular weight excluding hydrogens is 228 g/mol. The predicted octanol–water partition coefficient (Wildman–Crippen LogP) is 4.30. The molecular formula is C14H28O2Si. The quantitative estimate of drug-likeness (QED) is 0.689. The van der Waals surface area contributed by atoms with Crippen molar-refractivity contribution in [3.05, 3.63) is 0 Å². The van der Waals surface area contributed by atoms with Crippen LogP contribution in [0, 0.1) is 0 Å². The highest BCUT2D eigenvalue weighted by atomic mass is 28.4. The molecule has 0 bridgehead atoms. The summed E-state index contributed by atoms with van der Waals surface area (Å²) in [6.45, 7) is 11.2. The molecule has 0 radical (unpaired) electrons. The third kappa shape index (κ3) is 4.22. The van der Waals surface area contributed by atoms with E-state index in [1.54, 1.807) is 0 Å². The van der Waals surface area contributed by atoms with Crippen LogP contribution in [0.5, 0.6) is 0 Å². The van der Waals surface area contributed by atoms with E-state index < -0.39 is 8.32 Å². The SMILES string of the molecule is CC(C)(C)[Si](C)(C)OC1CCCCCCC1=O. The molecule has 2 nitrogen and oxygen atoms in total. The monoisotopic (exact) mass is 256 g/mol. The molecule has 3 heteroatoms. The van der Waals surface area contributed by atoms with Crippen LogP contribution in [0.2, 0.25) is 18.1 Å². The summed E-state index contributed by atoms with van der Waals surface area (Å²) in [5.41, 5.74) is 0. The molecule has 0 aromatic carbocycles. The van der Waals surface area contributed by atoms with Gasteiger partial charge in [-0.2, -0.15) is 0 Å². The first-order chi connectivity index (χ1) is 7.74. The molecule has 100 valence electrons. The molecule has 1 saturated carbocycles. The fourth-order valence-corrected chi connectivity index (χ4v) is 3.28. The first-order valence-corrected chi connectivity index (χ1v) is 9.85. The Bertz CT molecular complexity index is 266. The van der Waals surface area contributed by atoms with E-state index in [9.17, 15) is 4.79 Å². The van der Waals surface area contributed by atoms with Gasteiger partial charge in [0.05, 0.1) is 0 Å². The van der Waals surface area contributed by atoms with Crippen LogP contribution in [0.4, 0.5) is 0 Å². The molecule has 1 unspecified atom stereocenters. The van der Waals surface area contributed by atoms with Crippen molar-refractivity contribution in [2.24, 2.45) is 0 Å². The van der Waals surface area contributed by atoms with E-state index in [1.807, 2.05) is 0 Å². The molecule has 17 heavy (non-hydrogen) atoms. The van der Waals surface area contributed by atoms with E-state index in [0.717, 1.165) is 25.7 Å². The number of ketones is 1. The molecule has 1 rings (SSSR count). The fraction of sp³-hybridized carbons (Fsp3) is 0.929. The minimum Gasteiger partial charge on any atom is -0.407 e. The van der Waals surface area contributed by atoms with Gasteiger partial charge in [-0.3, -0.25) is 4.79 Å². The molecule has 0 N–H and O–H groups in total. The Morgan fingerprint density at radius 3 is 2.29 bits per heavy atom. The van der Waals surface area contributed by atoms with Crippen LogP contribution in [0.3, 0.4) is 0 Å². The maximum absolute atomic E-state index is 12.1. The zero-order chi connectivity index (χ0) is 13.1. The molecule has 0 heterocycles. The van der Waals surface area contributed by atoms with E-state index in [-0.39, 0.29) is 11.1 Å². The van der Waals surface area contributed by atoms with E-state index in [2.05, 4.69) is 33.9 Å². The summed E-state index contributed by atoms with van der Waals surface area (Å²) in [6.07, 6.45) is 6.20. The van der Waals surface area contributed by atoms with Gasteiger partial charge < -0.3 is 4.43 Å². The summed E-state index contributed by atoms with van der Waals surface area (Å²) in [6, 6.07) is 0.